The Labute approximate surface area is 110 Å². The second-order valence-corrected chi connectivity index (χ2v) is 4.85. The van der Waals surface area contributed by atoms with Gasteiger partial charge in [0.05, 0.1) is 0 Å². The van der Waals surface area contributed by atoms with E-state index in [9.17, 15) is 4.79 Å². The number of hydrogen-bond donors (Lipinski definition) is 1. The molecule has 3 nitrogen and oxygen atoms in total. The van der Waals surface area contributed by atoms with E-state index in [1.807, 2.05) is 30.3 Å². The standard InChI is InChI=1S/C15H23NO2/c1-4-8-14(12(2)3)16-15(17)18-11-13-9-6-5-7-10-13/h5-7,9-10,12,14H,4,8,11H2,1-3H3,(H,16,17)/t14-/m0/s1. The van der Waals surface area contributed by atoms with Crippen LogP contribution in [0, 0.1) is 5.92 Å². The number of nitrogens with one attached hydrogen (secondary N) is 1. The molecular weight excluding hydrogens is 226 g/mol. The lowest BCUT2D eigenvalue weighted by molar-refractivity contribution is 0.132. The van der Waals surface area contributed by atoms with Crippen LogP contribution in [0.4, 0.5) is 4.79 Å². The Morgan fingerprint density at radius 1 is 1.28 bits per heavy atom. The Kier molecular flexibility index (Phi) is 6.26. The summed E-state index contributed by atoms with van der Waals surface area (Å²) in [6.45, 7) is 6.66. The van der Waals surface area contributed by atoms with E-state index in [0.717, 1.165) is 18.4 Å². The SMILES string of the molecule is CCC[C@H](NC(=O)OCc1ccccc1)C(C)C. The van der Waals surface area contributed by atoms with Crippen molar-refractivity contribution in [3.63, 3.8) is 0 Å². The lowest BCUT2D eigenvalue weighted by Crippen LogP contribution is -2.38. The van der Waals surface area contributed by atoms with Gasteiger partial charge in [-0.25, -0.2) is 4.79 Å². The van der Waals surface area contributed by atoms with E-state index in [1.165, 1.54) is 0 Å². The molecule has 3 heteroatoms. The first-order chi connectivity index (χ1) is 8.63. The molecule has 100 valence electrons. The lowest BCUT2D eigenvalue weighted by Gasteiger charge is -2.21. The molecule has 1 N–H and O–H groups in total. The van der Waals surface area contributed by atoms with Crippen LogP contribution < -0.4 is 5.32 Å². The van der Waals surface area contributed by atoms with E-state index in [1.54, 1.807) is 0 Å². The van der Waals surface area contributed by atoms with Crippen molar-refractivity contribution in [3.05, 3.63) is 35.9 Å². The summed E-state index contributed by atoms with van der Waals surface area (Å²) in [5.74, 6) is 0.425. The molecule has 1 amide bonds. The zero-order chi connectivity index (χ0) is 13.4. The first-order valence-electron chi connectivity index (χ1n) is 6.60. The third kappa shape index (κ3) is 5.21. The molecule has 0 saturated heterocycles. The zero-order valence-corrected chi connectivity index (χ0v) is 11.5. The summed E-state index contributed by atoms with van der Waals surface area (Å²) in [6.07, 6.45) is 1.71. The first kappa shape index (κ1) is 14.6. The van der Waals surface area contributed by atoms with Gasteiger partial charge >= 0.3 is 6.09 Å². The molecule has 0 aromatic heterocycles. The van der Waals surface area contributed by atoms with Gasteiger partial charge in [0.1, 0.15) is 6.61 Å². The molecule has 1 aromatic rings. The van der Waals surface area contributed by atoms with Gasteiger partial charge in [-0.3, -0.25) is 0 Å². The molecule has 1 rings (SSSR count). The van der Waals surface area contributed by atoms with Crippen molar-refractivity contribution in [1.82, 2.24) is 5.32 Å². The van der Waals surface area contributed by atoms with E-state index in [2.05, 4.69) is 26.1 Å². The molecule has 0 spiro atoms. The van der Waals surface area contributed by atoms with Crippen LogP contribution in [0.1, 0.15) is 39.2 Å². The number of ether oxygens (including phenoxy) is 1. The number of amides is 1. The van der Waals surface area contributed by atoms with Gasteiger partial charge in [0, 0.05) is 6.04 Å². The maximum absolute atomic E-state index is 11.7. The normalized spacial score (nSPS) is 12.2. The highest BCUT2D eigenvalue weighted by molar-refractivity contribution is 5.67. The van der Waals surface area contributed by atoms with Gasteiger partial charge in [-0.1, -0.05) is 57.5 Å². The predicted octanol–water partition coefficient (Wildman–Crippen LogP) is 3.74. The molecule has 0 radical (unpaired) electrons. The molecule has 18 heavy (non-hydrogen) atoms. The fourth-order valence-corrected chi connectivity index (χ4v) is 1.80. The fraction of sp³-hybridized carbons (Fsp3) is 0.533. The Morgan fingerprint density at radius 3 is 2.50 bits per heavy atom. The number of carbonyl (C=O) groups excluding carboxylic acids is 1. The third-order valence-electron chi connectivity index (χ3n) is 2.92. The minimum atomic E-state index is -0.328. The van der Waals surface area contributed by atoms with E-state index in [4.69, 9.17) is 4.74 Å². The number of carbonyl (C=O) groups is 1. The molecule has 0 aliphatic rings. The summed E-state index contributed by atoms with van der Waals surface area (Å²) in [5, 5.41) is 2.93. The number of rotatable bonds is 6. The van der Waals surface area contributed by atoms with Crippen LogP contribution in [-0.4, -0.2) is 12.1 Å². The minimum absolute atomic E-state index is 0.193. The summed E-state index contributed by atoms with van der Waals surface area (Å²) in [5.41, 5.74) is 1.00. The van der Waals surface area contributed by atoms with Gasteiger partial charge in [0.25, 0.3) is 0 Å². The maximum Gasteiger partial charge on any atom is 0.407 e. The molecule has 1 atom stereocenters. The largest absolute Gasteiger partial charge is 0.445 e. The van der Waals surface area contributed by atoms with Gasteiger partial charge < -0.3 is 10.1 Å². The van der Waals surface area contributed by atoms with Crippen molar-refractivity contribution < 1.29 is 9.53 Å². The fourth-order valence-electron chi connectivity index (χ4n) is 1.80. The van der Waals surface area contributed by atoms with Crippen LogP contribution in [0.25, 0.3) is 0 Å². The summed E-state index contributed by atoms with van der Waals surface area (Å²) in [4.78, 5) is 11.7. The maximum atomic E-state index is 11.7. The van der Waals surface area contributed by atoms with Crippen LogP contribution in [-0.2, 0) is 11.3 Å². The number of alkyl carbamates (subject to hydrolysis) is 1. The third-order valence-corrected chi connectivity index (χ3v) is 2.92. The Bertz CT molecular complexity index is 349. The van der Waals surface area contributed by atoms with Crippen LogP contribution in [0.3, 0.4) is 0 Å². The highest BCUT2D eigenvalue weighted by atomic mass is 16.5. The first-order valence-corrected chi connectivity index (χ1v) is 6.60. The van der Waals surface area contributed by atoms with Gasteiger partial charge in [0.2, 0.25) is 0 Å². The lowest BCUT2D eigenvalue weighted by atomic mass is 10.00. The Hall–Kier alpha value is -1.51. The second-order valence-electron chi connectivity index (χ2n) is 4.85. The molecular formula is C15H23NO2. The minimum Gasteiger partial charge on any atom is -0.445 e. The van der Waals surface area contributed by atoms with Crippen molar-refractivity contribution >= 4 is 6.09 Å². The highest BCUT2D eigenvalue weighted by Crippen LogP contribution is 2.09. The van der Waals surface area contributed by atoms with Crippen LogP contribution in [0.2, 0.25) is 0 Å². The van der Waals surface area contributed by atoms with Crippen LogP contribution >= 0.6 is 0 Å². The molecule has 0 heterocycles. The van der Waals surface area contributed by atoms with E-state index >= 15 is 0 Å². The topological polar surface area (TPSA) is 38.3 Å². The molecule has 0 aliphatic carbocycles. The average Bonchev–Trinajstić information content (AvgIpc) is 2.37. The Morgan fingerprint density at radius 2 is 1.94 bits per heavy atom. The van der Waals surface area contributed by atoms with E-state index < -0.39 is 0 Å². The van der Waals surface area contributed by atoms with Crippen molar-refractivity contribution in [1.29, 1.82) is 0 Å². The molecule has 0 unspecified atom stereocenters. The molecule has 1 aromatic carbocycles. The van der Waals surface area contributed by atoms with Crippen molar-refractivity contribution in [3.8, 4) is 0 Å². The van der Waals surface area contributed by atoms with Gasteiger partial charge in [0.15, 0.2) is 0 Å². The average molecular weight is 249 g/mol. The van der Waals surface area contributed by atoms with Crippen molar-refractivity contribution in [2.75, 3.05) is 0 Å². The van der Waals surface area contributed by atoms with Crippen LogP contribution in [0.15, 0.2) is 30.3 Å². The summed E-state index contributed by atoms with van der Waals surface area (Å²) in [6, 6.07) is 9.89. The van der Waals surface area contributed by atoms with Crippen molar-refractivity contribution in [2.24, 2.45) is 5.92 Å². The monoisotopic (exact) mass is 249 g/mol. The predicted molar refractivity (Wildman–Crippen MR) is 73.3 cm³/mol. The number of hydrogen-bond acceptors (Lipinski definition) is 2. The molecule has 0 saturated carbocycles. The van der Waals surface area contributed by atoms with E-state index in [0.29, 0.717) is 12.5 Å². The summed E-state index contributed by atoms with van der Waals surface area (Å²) >= 11 is 0. The molecule has 0 bridgehead atoms. The van der Waals surface area contributed by atoms with Gasteiger partial charge in [-0.05, 0) is 17.9 Å². The number of benzene rings is 1. The summed E-state index contributed by atoms with van der Waals surface area (Å²) in [7, 11) is 0. The van der Waals surface area contributed by atoms with Gasteiger partial charge in [-0.2, -0.15) is 0 Å². The zero-order valence-electron chi connectivity index (χ0n) is 11.5. The quantitative estimate of drug-likeness (QED) is 0.834. The van der Waals surface area contributed by atoms with E-state index in [-0.39, 0.29) is 12.1 Å². The van der Waals surface area contributed by atoms with Crippen LogP contribution in [0.5, 0.6) is 0 Å². The molecule has 0 fully saturated rings. The summed E-state index contributed by atoms with van der Waals surface area (Å²) < 4.78 is 5.21. The Balaban J connectivity index is 2.36. The van der Waals surface area contributed by atoms with Gasteiger partial charge in [-0.15, -0.1) is 0 Å². The smallest absolute Gasteiger partial charge is 0.407 e. The molecule has 0 aliphatic heterocycles. The van der Waals surface area contributed by atoms with Crippen molar-refractivity contribution in [2.45, 2.75) is 46.3 Å². The second kappa shape index (κ2) is 7.75. The highest BCUT2D eigenvalue weighted by Gasteiger charge is 2.15.